The predicted octanol–water partition coefficient (Wildman–Crippen LogP) is 2.52. The molecule has 1 aliphatic heterocycles. The van der Waals surface area contributed by atoms with Gasteiger partial charge in [-0.15, -0.1) is 12.4 Å². The number of likely N-dealkylation sites (tertiary alicyclic amines) is 1. The van der Waals surface area contributed by atoms with Gasteiger partial charge in [0.25, 0.3) is 11.6 Å². The minimum atomic E-state index is -0.493. The lowest BCUT2D eigenvalue weighted by molar-refractivity contribution is -0.385. The first-order chi connectivity index (χ1) is 9.91. The van der Waals surface area contributed by atoms with E-state index in [1.54, 1.807) is 24.0 Å². The van der Waals surface area contributed by atoms with E-state index in [0.29, 0.717) is 18.7 Å². The largest absolute Gasteiger partial charge is 0.338 e. The van der Waals surface area contributed by atoms with Crippen LogP contribution in [0.4, 0.5) is 5.69 Å². The van der Waals surface area contributed by atoms with Gasteiger partial charge in [-0.1, -0.05) is 12.1 Å². The maximum Gasteiger partial charge on any atom is 0.282 e. The van der Waals surface area contributed by atoms with Crippen LogP contribution in [0.25, 0.3) is 0 Å². The number of nitro groups is 1. The van der Waals surface area contributed by atoms with Crippen LogP contribution >= 0.6 is 12.4 Å². The summed E-state index contributed by atoms with van der Waals surface area (Å²) >= 11 is 0. The molecule has 1 fully saturated rings. The van der Waals surface area contributed by atoms with Crippen LogP contribution in [-0.2, 0) is 0 Å². The third-order valence-corrected chi connectivity index (χ3v) is 4.15. The molecule has 0 aliphatic carbocycles. The fourth-order valence-electron chi connectivity index (χ4n) is 2.86. The third kappa shape index (κ3) is 3.75. The molecule has 0 saturated carbocycles. The molecule has 0 bridgehead atoms. The SMILES string of the molecule is Cc1cccc([N+](=O)[O-])c1C(=O)N1CCCC(C(C)N)C1.Cl. The number of nitrogens with zero attached hydrogens (tertiary/aromatic N) is 2. The second-order valence-corrected chi connectivity index (χ2v) is 5.74. The van der Waals surface area contributed by atoms with E-state index in [4.69, 9.17) is 5.73 Å². The van der Waals surface area contributed by atoms with Crippen molar-refractivity contribution in [3.05, 3.63) is 39.4 Å². The van der Waals surface area contributed by atoms with E-state index in [0.717, 1.165) is 12.8 Å². The minimum Gasteiger partial charge on any atom is -0.338 e. The molecular formula is C15H22ClN3O3. The molecule has 22 heavy (non-hydrogen) atoms. The number of carbonyl (C=O) groups is 1. The molecule has 1 aliphatic rings. The van der Waals surface area contributed by atoms with Crippen molar-refractivity contribution < 1.29 is 9.72 Å². The standard InChI is InChI=1S/C15H21N3O3.ClH/c1-10-5-3-7-13(18(20)21)14(10)15(19)17-8-4-6-12(9-17)11(2)16;/h3,5,7,11-12H,4,6,8-9,16H2,1-2H3;1H. The minimum absolute atomic E-state index is 0. The fourth-order valence-corrected chi connectivity index (χ4v) is 2.86. The summed E-state index contributed by atoms with van der Waals surface area (Å²) in [6.45, 7) is 4.87. The Balaban J connectivity index is 0.00000242. The van der Waals surface area contributed by atoms with Crippen molar-refractivity contribution in [1.82, 2.24) is 4.90 Å². The number of aryl methyl sites for hydroxylation is 1. The van der Waals surface area contributed by atoms with Gasteiger partial charge in [0, 0.05) is 25.2 Å². The lowest BCUT2D eigenvalue weighted by Gasteiger charge is -2.34. The summed E-state index contributed by atoms with van der Waals surface area (Å²) in [7, 11) is 0. The molecule has 1 aromatic carbocycles. The molecule has 2 atom stereocenters. The summed E-state index contributed by atoms with van der Waals surface area (Å²) in [6.07, 6.45) is 1.88. The van der Waals surface area contributed by atoms with Gasteiger partial charge in [0.2, 0.25) is 0 Å². The predicted molar refractivity (Wildman–Crippen MR) is 87.4 cm³/mol. The van der Waals surface area contributed by atoms with E-state index >= 15 is 0 Å². The molecule has 6 nitrogen and oxygen atoms in total. The van der Waals surface area contributed by atoms with Crippen molar-refractivity contribution in [2.75, 3.05) is 13.1 Å². The average Bonchev–Trinajstić information content (AvgIpc) is 2.46. The number of hydrogen-bond donors (Lipinski definition) is 1. The highest BCUT2D eigenvalue weighted by molar-refractivity contribution is 5.99. The van der Waals surface area contributed by atoms with Gasteiger partial charge in [-0.3, -0.25) is 14.9 Å². The molecule has 2 rings (SSSR count). The highest BCUT2D eigenvalue weighted by Crippen LogP contribution is 2.26. The summed E-state index contributed by atoms with van der Waals surface area (Å²) in [5, 5.41) is 11.1. The van der Waals surface area contributed by atoms with Crippen LogP contribution < -0.4 is 5.73 Å². The number of carbonyl (C=O) groups excluding carboxylic acids is 1. The Bertz CT molecular complexity index is 563. The van der Waals surface area contributed by atoms with Gasteiger partial charge < -0.3 is 10.6 Å². The van der Waals surface area contributed by atoms with Crippen molar-refractivity contribution in [3.63, 3.8) is 0 Å². The fraction of sp³-hybridized carbons (Fsp3) is 0.533. The van der Waals surface area contributed by atoms with E-state index < -0.39 is 4.92 Å². The molecule has 0 spiro atoms. The van der Waals surface area contributed by atoms with Crippen molar-refractivity contribution in [2.24, 2.45) is 11.7 Å². The van der Waals surface area contributed by atoms with Gasteiger partial charge in [0.15, 0.2) is 0 Å². The number of nitro benzene ring substituents is 1. The molecule has 1 saturated heterocycles. The third-order valence-electron chi connectivity index (χ3n) is 4.15. The number of piperidine rings is 1. The first-order valence-corrected chi connectivity index (χ1v) is 7.20. The van der Waals surface area contributed by atoms with Gasteiger partial charge in [0.05, 0.1) is 4.92 Å². The maximum atomic E-state index is 12.7. The number of amides is 1. The highest BCUT2D eigenvalue weighted by Gasteiger charge is 2.31. The van der Waals surface area contributed by atoms with E-state index in [1.807, 2.05) is 6.92 Å². The number of hydrogen-bond acceptors (Lipinski definition) is 4. The van der Waals surface area contributed by atoms with Gasteiger partial charge in [-0.05, 0) is 38.2 Å². The van der Waals surface area contributed by atoms with Crippen LogP contribution in [0.1, 0.15) is 35.7 Å². The molecule has 1 heterocycles. The van der Waals surface area contributed by atoms with E-state index in [-0.39, 0.29) is 41.5 Å². The Morgan fingerprint density at radius 3 is 2.77 bits per heavy atom. The Hall–Kier alpha value is -1.66. The summed E-state index contributed by atoms with van der Waals surface area (Å²) in [5.41, 5.74) is 6.65. The highest BCUT2D eigenvalue weighted by atomic mass is 35.5. The Kier molecular flexibility index (Phi) is 6.32. The zero-order valence-corrected chi connectivity index (χ0v) is 13.6. The van der Waals surface area contributed by atoms with Crippen LogP contribution in [0.3, 0.4) is 0 Å². The Labute approximate surface area is 136 Å². The molecule has 1 aromatic rings. The van der Waals surface area contributed by atoms with Crippen molar-refractivity contribution in [3.8, 4) is 0 Å². The van der Waals surface area contributed by atoms with E-state index in [9.17, 15) is 14.9 Å². The summed E-state index contributed by atoms with van der Waals surface area (Å²) < 4.78 is 0. The molecule has 7 heteroatoms. The van der Waals surface area contributed by atoms with Crippen LogP contribution in [-0.4, -0.2) is 34.9 Å². The van der Waals surface area contributed by atoms with E-state index in [2.05, 4.69) is 0 Å². The van der Waals surface area contributed by atoms with Crippen LogP contribution in [0, 0.1) is 23.0 Å². The monoisotopic (exact) mass is 327 g/mol. The molecule has 2 unspecified atom stereocenters. The molecule has 122 valence electrons. The summed E-state index contributed by atoms with van der Waals surface area (Å²) in [6, 6.07) is 4.73. The molecule has 0 radical (unpaired) electrons. The zero-order valence-electron chi connectivity index (χ0n) is 12.8. The van der Waals surface area contributed by atoms with Crippen LogP contribution in [0.2, 0.25) is 0 Å². The lowest BCUT2D eigenvalue weighted by Crippen LogP contribution is -2.45. The molecular weight excluding hydrogens is 306 g/mol. The molecule has 2 N–H and O–H groups in total. The van der Waals surface area contributed by atoms with Crippen LogP contribution in [0.15, 0.2) is 18.2 Å². The van der Waals surface area contributed by atoms with Crippen molar-refractivity contribution in [1.29, 1.82) is 0 Å². The van der Waals surface area contributed by atoms with Crippen molar-refractivity contribution >= 4 is 24.0 Å². The first-order valence-electron chi connectivity index (χ1n) is 7.20. The summed E-state index contributed by atoms with van der Waals surface area (Å²) in [4.78, 5) is 25.1. The lowest BCUT2D eigenvalue weighted by atomic mass is 9.91. The Morgan fingerprint density at radius 2 is 2.18 bits per heavy atom. The van der Waals surface area contributed by atoms with Gasteiger partial charge in [-0.25, -0.2) is 0 Å². The Morgan fingerprint density at radius 1 is 1.50 bits per heavy atom. The smallest absolute Gasteiger partial charge is 0.282 e. The quantitative estimate of drug-likeness (QED) is 0.682. The first kappa shape index (κ1) is 18.4. The topological polar surface area (TPSA) is 89.5 Å². The second kappa shape index (κ2) is 7.56. The average molecular weight is 328 g/mol. The number of halogens is 1. The zero-order chi connectivity index (χ0) is 15.6. The van der Waals surface area contributed by atoms with Gasteiger partial charge >= 0.3 is 0 Å². The van der Waals surface area contributed by atoms with Gasteiger partial charge in [0.1, 0.15) is 5.56 Å². The number of nitrogens with two attached hydrogens (primary N) is 1. The van der Waals surface area contributed by atoms with Crippen LogP contribution in [0.5, 0.6) is 0 Å². The molecule has 0 aromatic heterocycles. The normalized spacial score (nSPS) is 19.2. The van der Waals surface area contributed by atoms with Gasteiger partial charge in [-0.2, -0.15) is 0 Å². The maximum absolute atomic E-state index is 12.7. The van der Waals surface area contributed by atoms with Crippen molar-refractivity contribution in [2.45, 2.75) is 32.7 Å². The number of benzene rings is 1. The molecule has 1 amide bonds. The second-order valence-electron chi connectivity index (χ2n) is 5.74. The number of rotatable bonds is 3. The van der Waals surface area contributed by atoms with E-state index in [1.165, 1.54) is 6.07 Å². The summed E-state index contributed by atoms with van der Waals surface area (Å²) in [5.74, 6) is -0.00377.